The topological polar surface area (TPSA) is 18.5 Å². The highest BCUT2D eigenvalue weighted by Crippen LogP contribution is 2.49. The van der Waals surface area contributed by atoms with Crippen LogP contribution in [0.2, 0.25) is 0 Å². The molecule has 2 rings (SSSR count). The molecular formula is C10H18O2S2. The van der Waals surface area contributed by atoms with Gasteiger partial charge >= 0.3 is 0 Å². The van der Waals surface area contributed by atoms with Crippen LogP contribution in [0.4, 0.5) is 0 Å². The van der Waals surface area contributed by atoms with Gasteiger partial charge in [-0.3, -0.25) is 0 Å². The van der Waals surface area contributed by atoms with Gasteiger partial charge in [0.05, 0.1) is 12.2 Å². The maximum Gasteiger partial charge on any atom is 0.161 e. The minimum Gasteiger partial charge on any atom is -0.378 e. The average Bonchev–Trinajstić information content (AvgIpc) is 2.51. The lowest BCUT2D eigenvalue weighted by molar-refractivity contribution is 0.0292. The molecule has 0 bridgehead atoms. The Hall–Kier alpha value is 0.620. The van der Waals surface area contributed by atoms with Gasteiger partial charge in [0.1, 0.15) is 0 Å². The van der Waals surface area contributed by atoms with Crippen molar-refractivity contribution in [3.63, 3.8) is 0 Å². The normalized spacial score (nSPS) is 45.0. The standard InChI is InChI=1S/C10H18O2S2/c1-8-6-13-10(4-3-5-11-8)12-9(2)7-14-10/h8-9H,3-7H2,1-2H3. The third-order valence-corrected chi connectivity index (χ3v) is 5.95. The lowest BCUT2D eigenvalue weighted by atomic mass is 10.3. The maximum absolute atomic E-state index is 6.04. The van der Waals surface area contributed by atoms with Crippen LogP contribution in [0.1, 0.15) is 26.7 Å². The number of ether oxygens (including phenoxy) is 2. The SMILES string of the molecule is CC1CSC2(CCCO1)OC(C)CS2. The maximum atomic E-state index is 6.04. The first-order chi connectivity index (χ1) is 6.70. The van der Waals surface area contributed by atoms with Gasteiger partial charge < -0.3 is 9.47 Å². The number of rotatable bonds is 0. The molecule has 2 saturated heterocycles. The summed E-state index contributed by atoms with van der Waals surface area (Å²) >= 11 is 3.92. The Labute approximate surface area is 94.5 Å². The van der Waals surface area contributed by atoms with Crippen LogP contribution >= 0.6 is 23.5 Å². The molecule has 2 fully saturated rings. The van der Waals surface area contributed by atoms with Crippen LogP contribution in [0.15, 0.2) is 0 Å². The summed E-state index contributed by atoms with van der Waals surface area (Å²) in [4.78, 5) is 0. The molecule has 0 aromatic rings. The van der Waals surface area contributed by atoms with Crippen molar-refractivity contribution in [1.29, 1.82) is 0 Å². The van der Waals surface area contributed by atoms with Crippen molar-refractivity contribution in [3.05, 3.63) is 0 Å². The van der Waals surface area contributed by atoms with Gasteiger partial charge in [-0.2, -0.15) is 0 Å². The van der Waals surface area contributed by atoms with Crippen LogP contribution in [0.5, 0.6) is 0 Å². The first-order valence-electron chi connectivity index (χ1n) is 5.27. The Morgan fingerprint density at radius 2 is 1.86 bits per heavy atom. The summed E-state index contributed by atoms with van der Waals surface area (Å²) in [5.41, 5.74) is 0. The van der Waals surface area contributed by atoms with Crippen molar-refractivity contribution >= 4 is 23.5 Å². The van der Waals surface area contributed by atoms with Gasteiger partial charge in [-0.1, -0.05) is 0 Å². The Bertz CT molecular complexity index is 201. The highest BCUT2D eigenvalue weighted by atomic mass is 32.2. The smallest absolute Gasteiger partial charge is 0.161 e. The predicted molar refractivity (Wildman–Crippen MR) is 62.8 cm³/mol. The van der Waals surface area contributed by atoms with Crippen LogP contribution in [0, 0.1) is 0 Å². The van der Waals surface area contributed by atoms with Crippen molar-refractivity contribution in [1.82, 2.24) is 0 Å². The van der Waals surface area contributed by atoms with E-state index in [9.17, 15) is 0 Å². The zero-order valence-corrected chi connectivity index (χ0v) is 10.5. The molecule has 4 heteroatoms. The summed E-state index contributed by atoms with van der Waals surface area (Å²) in [6, 6.07) is 0. The van der Waals surface area contributed by atoms with Crippen LogP contribution in [0.3, 0.4) is 0 Å². The summed E-state index contributed by atoms with van der Waals surface area (Å²) < 4.78 is 11.7. The molecule has 2 heterocycles. The van der Waals surface area contributed by atoms with Crippen molar-refractivity contribution in [3.8, 4) is 0 Å². The van der Waals surface area contributed by atoms with E-state index in [2.05, 4.69) is 13.8 Å². The van der Waals surface area contributed by atoms with Gasteiger partial charge in [0.2, 0.25) is 0 Å². The molecule has 82 valence electrons. The largest absolute Gasteiger partial charge is 0.378 e. The molecule has 1 spiro atoms. The number of hydrogen-bond acceptors (Lipinski definition) is 4. The molecule has 0 amide bonds. The minimum atomic E-state index is 0.0530. The molecule has 0 saturated carbocycles. The van der Waals surface area contributed by atoms with Crippen molar-refractivity contribution < 1.29 is 9.47 Å². The summed E-state index contributed by atoms with van der Waals surface area (Å²) in [5.74, 6) is 2.20. The fourth-order valence-electron chi connectivity index (χ4n) is 1.76. The third kappa shape index (κ3) is 2.60. The molecular weight excluding hydrogens is 216 g/mol. The van der Waals surface area contributed by atoms with Gasteiger partial charge in [-0.15, -0.1) is 23.5 Å². The van der Waals surface area contributed by atoms with Gasteiger partial charge in [0, 0.05) is 18.1 Å². The second-order valence-corrected chi connectivity index (χ2v) is 6.84. The van der Waals surface area contributed by atoms with Gasteiger partial charge in [0.15, 0.2) is 4.27 Å². The number of thioether (sulfide) groups is 2. The lowest BCUT2D eigenvalue weighted by Gasteiger charge is -2.31. The zero-order valence-electron chi connectivity index (χ0n) is 8.82. The van der Waals surface area contributed by atoms with E-state index >= 15 is 0 Å². The second kappa shape index (κ2) is 4.64. The quantitative estimate of drug-likeness (QED) is 0.641. The first-order valence-corrected chi connectivity index (χ1v) is 7.25. The molecule has 14 heavy (non-hydrogen) atoms. The summed E-state index contributed by atoms with van der Waals surface area (Å²) in [7, 11) is 0. The molecule has 0 aromatic heterocycles. The second-order valence-electron chi connectivity index (χ2n) is 4.02. The fraction of sp³-hybridized carbons (Fsp3) is 1.00. The molecule has 2 nitrogen and oxygen atoms in total. The summed E-state index contributed by atoms with van der Waals surface area (Å²) in [6.07, 6.45) is 3.04. The summed E-state index contributed by atoms with van der Waals surface area (Å²) in [5, 5.41) is 0. The van der Waals surface area contributed by atoms with Gasteiger partial charge in [-0.05, 0) is 26.7 Å². The fourth-order valence-corrected chi connectivity index (χ4v) is 4.69. The van der Waals surface area contributed by atoms with Crippen LogP contribution in [-0.4, -0.2) is 34.6 Å². The van der Waals surface area contributed by atoms with Gasteiger partial charge in [0.25, 0.3) is 0 Å². The Kier molecular flexibility index (Phi) is 3.68. The highest BCUT2D eigenvalue weighted by molar-refractivity contribution is 8.18. The van der Waals surface area contributed by atoms with E-state index < -0.39 is 0 Å². The highest BCUT2D eigenvalue weighted by Gasteiger charge is 2.40. The molecule has 3 atom stereocenters. The molecule has 2 aliphatic heterocycles. The van der Waals surface area contributed by atoms with E-state index in [1.54, 1.807) is 0 Å². The predicted octanol–water partition coefficient (Wildman–Crippen LogP) is 2.72. The lowest BCUT2D eigenvalue weighted by Crippen LogP contribution is -2.28. The summed E-state index contributed by atoms with van der Waals surface area (Å²) in [6.45, 7) is 5.21. The van der Waals surface area contributed by atoms with E-state index in [4.69, 9.17) is 9.47 Å². The van der Waals surface area contributed by atoms with E-state index in [1.165, 1.54) is 0 Å². The van der Waals surface area contributed by atoms with E-state index in [1.807, 2.05) is 23.5 Å². The third-order valence-electron chi connectivity index (χ3n) is 2.49. The molecule has 3 unspecified atom stereocenters. The zero-order chi connectivity index (χ0) is 10.0. The van der Waals surface area contributed by atoms with Crippen LogP contribution < -0.4 is 0 Å². The Morgan fingerprint density at radius 1 is 1.14 bits per heavy atom. The van der Waals surface area contributed by atoms with E-state index in [0.717, 1.165) is 31.0 Å². The molecule has 0 N–H and O–H groups in total. The number of hydrogen-bond donors (Lipinski definition) is 0. The molecule has 2 aliphatic rings. The van der Waals surface area contributed by atoms with Crippen molar-refractivity contribution in [2.75, 3.05) is 18.1 Å². The molecule has 0 radical (unpaired) electrons. The van der Waals surface area contributed by atoms with Crippen LogP contribution in [-0.2, 0) is 9.47 Å². The molecule has 0 aliphatic carbocycles. The van der Waals surface area contributed by atoms with E-state index in [-0.39, 0.29) is 4.27 Å². The van der Waals surface area contributed by atoms with Crippen molar-refractivity contribution in [2.45, 2.75) is 43.2 Å². The van der Waals surface area contributed by atoms with Gasteiger partial charge in [-0.25, -0.2) is 0 Å². The average molecular weight is 234 g/mol. The van der Waals surface area contributed by atoms with E-state index in [0.29, 0.717) is 12.2 Å². The van der Waals surface area contributed by atoms with Crippen molar-refractivity contribution in [2.24, 2.45) is 0 Å². The van der Waals surface area contributed by atoms with Crippen LogP contribution in [0.25, 0.3) is 0 Å². The first kappa shape index (κ1) is 11.1. The Morgan fingerprint density at radius 3 is 2.50 bits per heavy atom. The Balaban J connectivity index is 1.96. The monoisotopic (exact) mass is 234 g/mol. The molecule has 0 aromatic carbocycles. The minimum absolute atomic E-state index is 0.0530.